The number of thioether (sulfide) groups is 1. The largest absolute Gasteiger partial charge is 0.489 e. The van der Waals surface area contributed by atoms with Gasteiger partial charge in [-0.2, -0.15) is 0 Å². The molecule has 0 unspecified atom stereocenters. The summed E-state index contributed by atoms with van der Waals surface area (Å²) in [4.78, 5) is 5.28. The van der Waals surface area contributed by atoms with Crippen molar-refractivity contribution < 1.29 is 4.74 Å². The summed E-state index contributed by atoms with van der Waals surface area (Å²) in [5, 5.41) is 7.47. The van der Waals surface area contributed by atoms with Gasteiger partial charge in [0.15, 0.2) is 0 Å². The standard InChI is InChI=1S/C14H15N3OS/c1-19-12-6-4-11(5-7-12)18-9-10-3-2-8-17-13(10)14(15)16/h2-8H,9H2,1H3,(H3,15,16). The number of ether oxygens (including phenoxy) is 1. The Kier molecular flexibility index (Phi) is 4.41. The van der Waals surface area contributed by atoms with Gasteiger partial charge in [-0.15, -0.1) is 11.8 Å². The molecule has 98 valence electrons. The Morgan fingerprint density at radius 1 is 1.32 bits per heavy atom. The molecule has 1 aromatic heterocycles. The number of nitrogens with two attached hydrogens (primary N) is 1. The van der Waals surface area contributed by atoms with Crippen molar-refractivity contribution in [2.75, 3.05) is 6.26 Å². The van der Waals surface area contributed by atoms with E-state index >= 15 is 0 Å². The van der Waals surface area contributed by atoms with E-state index in [2.05, 4.69) is 4.98 Å². The maximum Gasteiger partial charge on any atom is 0.142 e. The number of benzene rings is 1. The molecule has 5 heteroatoms. The van der Waals surface area contributed by atoms with Gasteiger partial charge in [0.05, 0.1) is 0 Å². The monoisotopic (exact) mass is 273 g/mol. The number of hydrogen-bond acceptors (Lipinski definition) is 4. The van der Waals surface area contributed by atoms with Crippen LogP contribution in [0.1, 0.15) is 11.3 Å². The van der Waals surface area contributed by atoms with Gasteiger partial charge in [-0.25, -0.2) is 0 Å². The molecule has 0 aliphatic rings. The van der Waals surface area contributed by atoms with Crippen LogP contribution in [0.3, 0.4) is 0 Å². The highest BCUT2D eigenvalue weighted by molar-refractivity contribution is 7.98. The van der Waals surface area contributed by atoms with E-state index in [4.69, 9.17) is 15.9 Å². The Morgan fingerprint density at radius 2 is 2.05 bits per heavy atom. The minimum atomic E-state index is -0.0445. The van der Waals surface area contributed by atoms with Crippen LogP contribution in [0.5, 0.6) is 5.75 Å². The number of nitrogens with zero attached hydrogens (tertiary/aromatic N) is 1. The molecule has 19 heavy (non-hydrogen) atoms. The van der Waals surface area contributed by atoms with Crippen molar-refractivity contribution in [1.29, 1.82) is 5.41 Å². The van der Waals surface area contributed by atoms with Crippen LogP contribution in [-0.2, 0) is 6.61 Å². The lowest BCUT2D eigenvalue weighted by atomic mass is 10.2. The predicted octanol–water partition coefficient (Wildman–Crippen LogP) is 2.67. The molecule has 0 spiro atoms. The highest BCUT2D eigenvalue weighted by Crippen LogP contribution is 2.20. The molecule has 3 N–H and O–H groups in total. The molecule has 2 aromatic rings. The zero-order valence-electron chi connectivity index (χ0n) is 10.6. The lowest BCUT2D eigenvalue weighted by Gasteiger charge is -2.09. The van der Waals surface area contributed by atoms with Crippen molar-refractivity contribution in [3.05, 3.63) is 53.9 Å². The number of nitrogens with one attached hydrogen (secondary N) is 1. The summed E-state index contributed by atoms with van der Waals surface area (Å²) in [6.07, 6.45) is 3.65. The molecule has 0 radical (unpaired) electrons. The van der Waals surface area contributed by atoms with Gasteiger partial charge in [-0.1, -0.05) is 6.07 Å². The van der Waals surface area contributed by atoms with Crippen molar-refractivity contribution in [2.45, 2.75) is 11.5 Å². The Morgan fingerprint density at radius 3 is 2.68 bits per heavy atom. The summed E-state index contributed by atoms with van der Waals surface area (Å²) >= 11 is 1.69. The van der Waals surface area contributed by atoms with Crippen molar-refractivity contribution in [3.63, 3.8) is 0 Å². The first-order chi connectivity index (χ1) is 9.20. The number of pyridine rings is 1. The first-order valence-corrected chi connectivity index (χ1v) is 6.98. The molecule has 0 atom stereocenters. The first-order valence-electron chi connectivity index (χ1n) is 5.76. The third kappa shape index (κ3) is 3.48. The fourth-order valence-corrected chi connectivity index (χ4v) is 2.04. The highest BCUT2D eigenvalue weighted by Gasteiger charge is 2.06. The van der Waals surface area contributed by atoms with Gasteiger partial charge in [0.1, 0.15) is 23.9 Å². The summed E-state index contributed by atoms with van der Waals surface area (Å²) in [7, 11) is 0. The number of nitrogen functional groups attached to an aromatic ring is 1. The van der Waals surface area contributed by atoms with Crippen LogP contribution in [0.2, 0.25) is 0 Å². The Labute approximate surface area is 116 Å². The molecule has 0 aliphatic carbocycles. The van der Waals surface area contributed by atoms with Crippen LogP contribution >= 0.6 is 11.8 Å². The average molecular weight is 273 g/mol. The molecule has 0 saturated heterocycles. The molecule has 0 bridgehead atoms. The third-order valence-corrected chi connectivity index (χ3v) is 3.34. The van der Waals surface area contributed by atoms with Gasteiger partial charge in [-0.3, -0.25) is 10.4 Å². The number of amidine groups is 1. The van der Waals surface area contributed by atoms with Gasteiger partial charge in [-0.05, 0) is 36.6 Å². The zero-order chi connectivity index (χ0) is 13.7. The zero-order valence-corrected chi connectivity index (χ0v) is 11.4. The minimum Gasteiger partial charge on any atom is -0.489 e. The molecule has 1 aromatic carbocycles. The predicted molar refractivity (Wildman–Crippen MR) is 77.8 cm³/mol. The van der Waals surface area contributed by atoms with E-state index in [1.807, 2.05) is 42.7 Å². The second-order valence-corrected chi connectivity index (χ2v) is 4.77. The molecule has 0 fully saturated rings. The fraction of sp³-hybridized carbons (Fsp3) is 0.143. The summed E-state index contributed by atoms with van der Waals surface area (Å²) < 4.78 is 5.68. The lowest BCUT2D eigenvalue weighted by Crippen LogP contribution is -2.16. The number of aromatic nitrogens is 1. The fourth-order valence-electron chi connectivity index (χ4n) is 1.63. The minimum absolute atomic E-state index is 0.0445. The smallest absolute Gasteiger partial charge is 0.142 e. The first kappa shape index (κ1) is 13.4. The van der Waals surface area contributed by atoms with Gasteiger partial charge < -0.3 is 10.5 Å². The summed E-state index contributed by atoms with van der Waals surface area (Å²) in [5.41, 5.74) is 6.77. The van der Waals surface area contributed by atoms with Crippen molar-refractivity contribution >= 4 is 17.6 Å². The quantitative estimate of drug-likeness (QED) is 0.499. The van der Waals surface area contributed by atoms with E-state index in [1.165, 1.54) is 4.90 Å². The number of hydrogen-bond donors (Lipinski definition) is 2. The molecule has 4 nitrogen and oxygen atoms in total. The summed E-state index contributed by atoms with van der Waals surface area (Å²) in [6, 6.07) is 11.5. The third-order valence-electron chi connectivity index (χ3n) is 2.60. The van der Waals surface area contributed by atoms with E-state index in [0.29, 0.717) is 12.3 Å². The van der Waals surface area contributed by atoms with E-state index in [9.17, 15) is 0 Å². The summed E-state index contributed by atoms with van der Waals surface area (Å²) in [5.74, 6) is 0.744. The second kappa shape index (κ2) is 6.24. The maximum absolute atomic E-state index is 7.47. The van der Waals surface area contributed by atoms with Crippen LogP contribution in [0.4, 0.5) is 0 Å². The van der Waals surface area contributed by atoms with E-state index < -0.39 is 0 Å². The van der Waals surface area contributed by atoms with Gasteiger partial charge >= 0.3 is 0 Å². The lowest BCUT2D eigenvalue weighted by molar-refractivity contribution is 0.305. The van der Waals surface area contributed by atoms with Crippen LogP contribution in [0.15, 0.2) is 47.5 Å². The van der Waals surface area contributed by atoms with E-state index in [1.54, 1.807) is 18.0 Å². The van der Waals surface area contributed by atoms with Crippen LogP contribution < -0.4 is 10.5 Å². The van der Waals surface area contributed by atoms with Gasteiger partial charge in [0, 0.05) is 16.7 Å². The van der Waals surface area contributed by atoms with Crippen molar-refractivity contribution in [3.8, 4) is 5.75 Å². The SMILES string of the molecule is CSc1ccc(OCc2cccnc2C(=N)N)cc1. The van der Waals surface area contributed by atoms with Crippen molar-refractivity contribution in [2.24, 2.45) is 5.73 Å². The van der Waals surface area contributed by atoms with Gasteiger partial charge in [0.25, 0.3) is 0 Å². The second-order valence-electron chi connectivity index (χ2n) is 3.89. The highest BCUT2D eigenvalue weighted by atomic mass is 32.2. The average Bonchev–Trinajstić information content (AvgIpc) is 2.46. The van der Waals surface area contributed by atoms with E-state index in [-0.39, 0.29) is 5.84 Å². The molecule has 1 heterocycles. The topological polar surface area (TPSA) is 72.0 Å². The summed E-state index contributed by atoms with van der Waals surface area (Å²) in [6.45, 7) is 0.349. The van der Waals surface area contributed by atoms with Crippen LogP contribution in [-0.4, -0.2) is 17.1 Å². The molecular formula is C14H15N3OS. The molecular weight excluding hydrogens is 258 g/mol. The van der Waals surface area contributed by atoms with Crippen LogP contribution in [0, 0.1) is 5.41 Å². The number of rotatable bonds is 5. The van der Waals surface area contributed by atoms with Gasteiger partial charge in [0.2, 0.25) is 0 Å². The Balaban J connectivity index is 2.07. The molecule has 0 amide bonds. The Hall–Kier alpha value is -2.01. The Bertz CT molecular complexity index is 569. The van der Waals surface area contributed by atoms with Crippen LogP contribution in [0.25, 0.3) is 0 Å². The molecule has 0 saturated carbocycles. The van der Waals surface area contributed by atoms with Crippen molar-refractivity contribution in [1.82, 2.24) is 4.98 Å². The molecule has 2 rings (SSSR count). The normalized spacial score (nSPS) is 10.2. The van der Waals surface area contributed by atoms with E-state index in [0.717, 1.165) is 11.3 Å². The maximum atomic E-state index is 7.47. The molecule has 0 aliphatic heterocycles.